The maximum Gasteiger partial charge on any atom is 0.325 e. The molecular formula is C23H31N3O3. The predicted molar refractivity (Wildman–Crippen MR) is 110 cm³/mol. The van der Waals surface area contributed by atoms with Crippen LogP contribution in [0.4, 0.5) is 4.79 Å². The highest BCUT2D eigenvalue weighted by Crippen LogP contribution is 2.32. The van der Waals surface area contributed by atoms with E-state index in [0.29, 0.717) is 12.8 Å². The highest BCUT2D eigenvalue weighted by molar-refractivity contribution is 6.09. The van der Waals surface area contributed by atoms with E-state index in [-0.39, 0.29) is 24.4 Å². The van der Waals surface area contributed by atoms with Gasteiger partial charge in [0.2, 0.25) is 5.91 Å². The average Bonchev–Trinajstić information content (AvgIpc) is 2.88. The Kier molecular flexibility index (Phi) is 5.61. The summed E-state index contributed by atoms with van der Waals surface area (Å²) in [6.45, 7) is 1.73. The molecule has 6 nitrogen and oxygen atoms in total. The van der Waals surface area contributed by atoms with Crippen LogP contribution in [0.15, 0.2) is 18.2 Å². The highest BCUT2D eigenvalue weighted by Gasteiger charge is 2.51. The zero-order valence-electron chi connectivity index (χ0n) is 17.3. The summed E-state index contributed by atoms with van der Waals surface area (Å²) in [6, 6.07) is 5.83. The van der Waals surface area contributed by atoms with Crippen LogP contribution in [0.5, 0.6) is 0 Å². The molecule has 4 amide bonds. The lowest BCUT2D eigenvalue weighted by Gasteiger charge is -2.25. The molecule has 2 aliphatic carbocycles. The zero-order valence-corrected chi connectivity index (χ0v) is 17.3. The van der Waals surface area contributed by atoms with Crippen molar-refractivity contribution in [1.82, 2.24) is 15.5 Å². The smallest absolute Gasteiger partial charge is 0.325 e. The van der Waals surface area contributed by atoms with Gasteiger partial charge in [0.05, 0.1) is 6.04 Å². The lowest BCUT2D eigenvalue weighted by molar-refractivity contribution is -0.135. The maximum atomic E-state index is 13.0. The predicted octanol–water partition coefficient (Wildman–Crippen LogP) is 3.39. The molecule has 0 bridgehead atoms. The van der Waals surface area contributed by atoms with Gasteiger partial charge in [0.1, 0.15) is 12.1 Å². The van der Waals surface area contributed by atoms with Crippen LogP contribution in [0, 0.1) is 0 Å². The second kappa shape index (κ2) is 8.17. The van der Waals surface area contributed by atoms with E-state index in [9.17, 15) is 14.4 Å². The van der Waals surface area contributed by atoms with Crippen molar-refractivity contribution in [2.24, 2.45) is 0 Å². The number of hydrogen-bond donors (Lipinski definition) is 2. The first-order valence-electron chi connectivity index (χ1n) is 11.0. The number of carbonyl (C=O) groups is 3. The molecule has 1 aromatic carbocycles. The number of nitrogens with one attached hydrogen (secondary N) is 2. The van der Waals surface area contributed by atoms with Gasteiger partial charge < -0.3 is 10.6 Å². The first kappa shape index (κ1) is 19.9. The number of hydrogen-bond acceptors (Lipinski definition) is 3. The Morgan fingerprint density at radius 3 is 2.48 bits per heavy atom. The first-order valence-corrected chi connectivity index (χ1v) is 11.0. The number of nitrogens with zero attached hydrogens (tertiary/aromatic N) is 1. The molecular weight excluding hydrogens is 366 g/mol. The molecule has 2 fully saturated rings. The minimum Gasteiger partial charge on any atom is -0.348 e. The Balaban J connectivity index is 1.39. The number of imide groups is 1. The second-order valence-corrected chi connectivity index (χ2v) is 8.84. The Morgan fingerprint density at radius 2 is 1.76 bits per heavy atom. The third-order valence-electron chi connectivity index (χ3n) is 6.75. The van der Waals surface area contributed by atoms with Gasteiger partial charge in [0.15, 0.2) is 0 Å². The topological polar surface area (TPSA) is 78.5 Å². The largest absolute Gasteiger partial charge is 0.348 e. The molecule has 1 atom stereocenters. The van der Waals surface area contributed by atoms with Crippen molar-refractivity contribution in [3.05, 3.63) is 34.9 Å². The van der Waals surface area contributed by atoms with Gasteiger partial charge in [0, 0.05) is 0 Å². The quantitative estimate of drug-likeness (QED) is 0.765. The van der Waals surface area contributed by atoms with E-state index in [0.717, 1.165) is 49.0 Å². The molecule has 1 aromatic rings. The fourth-order valence-electron chi connectivity index (χ4n) is 5.03. The van der Waals surface area contributed by atoms with E-state index in [2.05, 4.69) is 28.8 Å². The normalized spacial score (nSPS) is 22.0. The molecule has 3 aliphatic rings. The standard InChI is InChI=1S/C23H31N3O3/c1-16(18-11-10-17-8-4-5-9-19(17)14-18)24-20(27)15-26-21(28)23(25-22(26)29)12-6-2-3-7-13-23/h10-11,14,16H,2-9,12-13,15H2,1H3,(H,24,27)(H,25,29)/t16-/m0/s1. The van der Waals surface area contributed by atoms with Gasteiger partial charge >= 0.3 is 6.03 Å². The van der Waals surface area contributed by atoms with Crippen molar-refractivity contribution in [3.8, 4) is 0 Å². The molecule has 1 aliphatic heterocycles. The summed E-state index contributed by atoms with van der Waals surface area (Å²) < 4.78 is 0. The molecule has 1 saturated heterocycles. The Morgan fingerprint density at radius 1 is 1.07 bits per heavy atom. The number of rotatable bonds is 4. The molecule has 156 valence electrons. The summed E-state index contributed by atoms with van der Waals surface area (Å²) in [5.41, 5.74) is 3.06. The average molecular weight is 398 g/mol. The third kappa shape index (κ3) is 4.02. The molecule has 6 heteroatoms. The maximum absolute atomic E-state index is 13.0. The summed E-state index contributed by atoms with van der Waals surface area (Å²) in [4.78, 5) is 39.1. The van der Waals surface area contributed by atoms with Crippen molar-refractivity contribution >= 4 is 17.8 Å². The number of aryl methyl sites for hydroxylation is 2. The van der Waals surface area contributed by atoms with E-state index < -0.39 is 11.6 Å². The molecule has 1 heterocycles. The minimum absolute atomic E-state index is 0.165. The van der Waals surface area contributed by atoms with Gasteiger partial charge in [-0.05, 0) is 62.1 Å². The van der Waals surface area contributed by atoms with E-state index in [1.807, 2.05) is 6.92 Å². The molecule has 2 N–H and O–H groups in total. The van der Waals surface area contributed by atoms with Crippen molar-refractivity contribution in [2.75, 3.05) is 6.54 Å². The molecule has 29 heavy (non-hydrogen) atoms. The summed E-state index contributed by atoms with van der Waals surface area (Å²) in [5, 5.41) is 5.85. The number of urea groups is 1. The van der Waals surface area contributed by atoms with Crippen molar-refractivity contribution < 1.29 is 14.4 Å². The van der Waals surface area contributed by atoms with Crippen LogP contribution in [-0.2, 0) is 22.4 Å². The molecule has 0 unspecified atom stereocenters. The van der Waals surface area contributed by atoms with Gasteiger partial charge in [-0.2, -0.15) is 0 Å². The molecule has 4 rings (SSSR count). The molecule has 1 spiro atoms. The Bertz CT molecular complexity index is 812. The van der Waals surface area contributed by atoms with Crippen LogP contribution in [0.2, 0.25) is 0 Å². The summed E-state index contributed by atoms with van der Waals surface area (Å²) in [6.07, 6.45) is 10.1. The first-order chi connectivity index (χ1) is 14.0. The van der Waals surface area contributed by atoms with Crippen molar-refractivity contribution in [2.45, 2.75) is 82.7 Å². The lowest BCUT2D eigenvalue weighted by Crippen LogP contribution is -2.47. The summed E-state index contributed by atoms with van der Waals surface area (Å²) in [7, 11) is 0. The SMILES string of the molecule is C[C@H](NC(=O)CN1C(=O)NC2(CCCCCC2)C1=O)c1ccc2c(c1)CCCC2. The van der Waals surface area contributed by atoms with Crippen molar-refractivity contribution in [3.63, 3.8) is 0 Å². The van der Waals surface area contributed by atoms with Crippen LogP contribution in [0.25, 0.3) is 0 Å². The Hall–Kier alpha value is -2.37. The fraction of sp³-hybridized carbons (Fsp3) is 0.609. The summed E-state index contributed by atoms with van der Waals surface area (Å²) >= 11 is 0. The minimum atomic E-state index is -0.794. The number of benzene rings is 1. The van der Waals surface area contributed by atoms with Gasteiger partial charge in [-0.15, -0.1) is 0 Å². The van der Waals surface area contributed by atoms with E-state index in [1.54, 1.807) is 0 Å². The van der Waals surface area contributed by atoms with Crippen molar-refractivity contribution in [1.29, 1.82) is 0 Å². The van der Waals surface area contributed by atoms with Gasteiger partial charge in [-0.25, -0.2) is 4.79 Å². The second-order valence-electron chi connectivity index (χ2n) is 8.84. The molecule has 0 aromatic heterocycles. The van der Waals surface area contributed by atoms with E-state index >= 15 is 0 Å². The number of fused-ring (bicyclic) bond motifs is 1. The zero-order chi connectivity index (χ0) is 20.4. The fourth-order valence-corrected chi connectivity index (χ4v) is 5.03. The lowest BCUT2D eigenvalue weighted by atomic mass is 9.89. The van der Waals surface area contributed by atoms with Crippen LogP contribution < -0.4 is 10.6 Å². The number of carbonyl (C=O) groups excluding carboxylic acids is 3. The van der Waals surface area contributed by atoms with E-state index in [4.69, 9.17) is 0 Å². The third-order valence-corrected chi connectivity index (χ3v) is 6.75. The van der Waals surface area contributed by atoms with Crippen LogP contribution in [-0.4, -0.2) is 34.8 Å². The van der Waals surface area contributed by atoms with Crippen LogP contribution in [0.1, 0.15) is 81.0 Å². The monoisotopic (exact) mass is 397 g/mol. The van der Waals surface area contributed by atoms with Crippen LogP contribution in [0.3, 0.4) is 0 Å². The molecule has 1 saturated carbocycles. The van der Waals surface area contributed by atoms with Gasteiger partial charge in [-0.3, -0.25) is 14.5 Å². The Labute approximate surface area is 172 Å². The van der Waals surface area contributed by atoms with E-state index in [1.165, 1.54) is 24.0 Å². The summed E-state index contributed by atoms with van der Waals surface area (Å²) in [5.74, 6) is -0.537. The molecule has 0 radical (unpaired) electrons. The number of amides is 4. The van der Waals surface area contributed by atoms with Crippen LogP contribution >= 0.6 is 0 Å². The highest BCUT2D eigenvalue weighted by atomic mass is 16.2. The van der Waals surface area contributed by atoms with Gasteiger partial charge in [-0.1, -0.05) is 43.9 Å². The van der Waals surface area contributed by atoms with Gasteiger partial charge in [0.25, 0.3) is 5.91 Å².